The molecule has 2 N–H and O–H groups in total. The van der Waals surface area contributed by atoms with Gasteiger partial charge >= 0.3 is 12.0 Å². The van der Waals surface area contributed by atoms with Crippen LogP contribution < -0.4 is 5.32 Å². The van der Waals surface area contributed by atoms with Crippen LogP contribution in [0, 0.1) is 0 Å². The third-order valence-electron chi connectivity index (χ3n) is 3.05. The van der Waals surface area contributed by atoms with Crippen LogP contribution in [0.3, 0.4) is 0 Å². The van der Waals surface area contributed by atoms with Crippen molar-refractivity contribution in [1.29, 1.82) is 0 Å². The van der Waals surface area contributed by atoms with Gasteiger partial charge in [0, 0.05) is 25.9 Å². The molecule has 0 aromatic heterocycles. The number of hydrogen-bond donors (Lipinski definition) is 2. The van der Waals surface area contributed by atoms with E-state index in [0.29, 0.717) is 6.54 Å². The summed E-state index contributed by atoms with van der Waals surface area (Å²) < 4.78 is 22.3. The van der Waals surface area contributed by atoms with Gasteiger partial charge in [0.1, 0.15) is 9.84 Å². The Labute approximate surface area is 129 Å². The van der Waals surface area contributed by atoms with Gasteiger partial charge in [-0.05, 0) is 24.6 Å². The quantitative estimate of drug-likeness (QED) is 0.776. The highest BCUT2D eigenvalue weighted by Gasteiger charge is 2.13. The van der Waals surface area contributed by atoms with Crippen LogP contribution in [-0.4, -0.2) is 55.5 Å². The number of aromatic carboxylic acids is 1. The van der Waals surface area contributed by atoms with E-state index in [4.69, 9.17) is 5.11 Å². The molecule has 0 aliphatic carbocycles. The minimum Gasteiger partial charge on any atom is -0.478 e. The van der Waals surface area contributed by atoms with Gasteiger partial charge in [0.25, 0.3) is 0 Å². The van der Waals surface area contributed by atoms with Gasteiger partial charge in [-0.1, -0.05) is 12.1 Å². The summed E-state index contributed by atoms with van der Waals surface area (Å²) in [6.45, 7) is 2.55. The lowest BCUT2D eigenvalue weighted by Crippen LogP contribution is -2.41. The maximum absolute atomic E-state index is 12.0. The highest BCUT2D eigenvalue weighted by molar-refractivity contribution is 7.90. The maximum Gasteiger partial charge on any atom is 0.335 e. The molecule has 1 rings (SSSR count). The lowest BCUT2D eigenvalue weighted by Gasteiger charge is -2.21. The Morgan fingerprint density at radius 3 is 2.27 bits per heavy atom. The molecule has 1 aromatic rings. The van der Waals surface area contributed by atoms with Crippen molar-refractivity contribution in [3.8, 4) is 0 Å². The van der Waals surface area contributed by atoms with Gasteiger partial charge < -0.3 is 15.3 Å². The number of nitrogens with zero attached hydrogens (tertiary/aromatic N) is 1. The molecule has 8 heteroatoms. The van der Waals surface area contributed by atoms with Crippen LogP contribution in [0.15, 0.2) is 24.3 Å². The third kappa shape index (κ3) is 6.13. The number of urea groups is 1. The molecule has 7 nitrogen and oxygen atoms in total. The van der Waals surface area contributed by atoms with E-state index in [1.165, 1.54) is 17.0 Å². The van der Waals surface area contributed by atoms with Gasteiger partial charge in [-0.25, -0.2) is 18.0 Å². The molecule has 0 spiro atoms. The second kappa shape index (κ2) is 7.79. The monoisotopic (exact) mass is 328 g/mol. The van der Waals surface area contributed by atoms with Crippen molar-refractivity contribution >= 4 is 21.8 Å². The van der Waals surface area contributed by atoms with E-state index < -0.39 is 15.8 Å². The zero-order valence-corrected chi connectivity index (χ0v) is 13.4. The summed E-state index contributed by atoms with van der Waals surface area (Å²) in [5, 5.41) is 11.5. The van der Waals surface area contributed by atoms with Gasteiger partial charge in [0.2, 0.25) is 0 Å². The number of nitrogens with one attached hydrogen (secondary N) is 1. The topological polar surface area (TPSA) is 104 Å². The zero-order chi connectivity index (χ0) is 16.8. The molecule has 122 valence electrons. The molecule has 0 heterocycles. The van der Waals surface area contributed by atoms with Gasteiger partial charge in [-0.2, -0.15) is 0 Å². The highest BCUT2D eigenvalue weighted by atomic mass is 32.2. The van der Waals surface area contributed by atoms with E-state index in [-0.39, 0.29) is 30.4 Å². The minimum atomic E-state index is -3.12. The maximum atomic E-state index is 12.0. The lowest BCUT2D eigenvalue weighted by molar-refractivity contribution is 0.0697. The number of benzene rings is 1. The number of carbonyl (C=O) groups excluding carboxylic acids is 1. The Hall–Kier alpha value is -2.09. The summed E-state index contributed by atoms with van der Waals surface area (Å²) >= 11 is 0. The van der Waals surface area contributed by atoms with Crippen LogP contribution in [0.1, 0.15) is 22.8 Å². The van der Waals surface area contributed by atoms with Gasteiger partial charge in [0.15, 0.2) is 0 Å². The van der Waals surface area contributed by atoms with Crippen molar-refractivity contribution in [2.45, 2.75) is 13.5 Å². The first kappa shape index (κ1) is 18.0. The van der Waals surface area contributed by atoms with E-state index in [2.05, 4.69) is 5.32 Å². The van der Waals surface area contributed by atoms with Crippen LogP contribution in [0.2, 0.25) is 0 Å². The number of hydrogen-bond acceptors (Lipinski definition) is 4. The predicted octanol–water partition coefficient (Wildman–Crippen LogP) is 0.961. The molecule has 0 saturated carbocycles. The molecule has 0 atom stereocenters. The molecule has 1 aromatic carbocycles. The molecule has 0 aliphatic rings. The first-order valence-corrected chi connectivity index (χ1v) is 8.81. The van der Waals surface area contributed by atoms with E-state index in [1.807, 2.05) is 0 Å². The van der Waals surface area contributed by atoms with Crippen molar-refractivity contribution in [3.63, 3.8) is 0 Å². The molecular weight excluding hydrogens is 308 g/mol. The number of amides is 2. The van der Waals surface area contributed by atoms with E-state index >= 15 is 0 Å². The van der Waals surface area contributed by atoms with E-state index in [9.17, 15) is 18.0 Å². The molecule has 0 bridgehead atoms. The van der Waals surface area contributed by atoms with Gasteiger partial charge in [0.05, 0.1) is 11.3 Å². The van der Waals surface area contributed by atoms with Crippen LogP contribution in [0.5, 0.6) is 0 Å². The number of carbonyl (C=O) groups is 2. The molecule has 0 saturated heterocycles. The second-order valence-corrected chi connectivity index (χ2v) is 7.13. The van der Waals surface area contributed by atoms with E-state index in [0.717, 1.165) is 11.8 Å². The highest BCUT2D eigenvalue weighted by Crippen LogP contribution is 2.04. The summed E-state index contributed by atoms with van der Waals surface area (Å²) in [7, 11) is -3.12. The van der Waals surface area contributed by atoms with Crippen LogP contribution in [0.4, 0.5) is 4.79 Å². The average Bonchev–Trinajstić information content (AvgIpc) is 2.45. The summed E-state index contributed by atoms with van der Waals surface area (Å²) in [6.07, 6.45) is 1.13. The van der Waals surface area contributed by atoms with Gasteiger partial charge in [-0.3, -0.25) is 0 Å². The molecule has 22 heavy (non-hydrogen) atoms. The Morgan fingerprint density at radius 1 is 1.23 bits per heavy atom. The molecule has 0 radical (unpaired) electrons. The fourth-order valence-electron chi connectivity index (χ4n) is 1.73. The Bertz CT molecular complexity index is 625. The normalized spacial score (nSPS) is 11.0. The Kier molecular flexibility index (Phi) is 6.36. The molecule has 0 fully saturated rings. The van der Waals surface area contributed by atoms with Crippen LogP contribution >= 0.6 is 0 Å². The summed E-state index contributed by atoms with van der Waals surface area (Å²) in [4.78, 5) is 24.1. The Balaban J connectivity index is 2.54. The molecule has 0 unspecified atom stereocenters. The first-order valence-electron chi connectivity index (χ1n) is 6.75. The standard InChI is InChI=1S/C14H20N2O5S/c1-3-16(8-9-22(2,20)21)14(19)15-10-11-4-6-12(7-5-11)13(17)18/h4-7H,3,8-10H2,1-2H3,(H,15,19)(H,17,18). The predicted molar refractivity (Wildman–Crippen MR) is 82.6 cm³/mol. The third-order valence-corrected chi connectivity index (χ3v) is 3.97. The molecule has 2 amide bonds. The fourth-order valence-corrected chi connectivity index (χ4v) is 2.29. The molecular formula is C14H20N2O5S. The summed E-state index contributed by atoms with van der Waals surface area (Å²) in [5.41, 5.74) is 0.941. The van der Waals surface area contributed by atoms with Crippen molar-refractivity contribution in [2.75, 3.05) is 25.1 Å². The lowest BCUT2D eigenvalue weighted by atomic mass is 10.1. The number of sulfone groups is 1. The number of rotatable bonds is 7. The van der Waals surface area contributed by atoms with Crippen molar-refractivity contribution in [2.24, 2.45) is 0 Å². The number of carboxylic acids is 1. The zero-order valence-electron chi connectivity index (χ0n) is 12.6. The summed E-state index contributed by atoms with van der Waals surface area (Å²) in [5.74, 6) is -1.09. The second-order valence-electron chi connectivity index (χ2n) is 4.87. The molecule has 0 aliphatic heterocycles. The summed E-state index contributed by atoms with van der Waals surface area (Å²) in [6, 6.07) is 5.82. The van der Waals surface area contributed by atoms with E-state index in [1.54, 1.807) is 19.1 Å². The smallest absolute Gasteiger partial charge is 0.335 e. The minimum absolute atomic E-state index is 0.0818. The Morgan fingerprint density at radius 2 is 1.82 bits per heavy atom. The number of carboxylic acid groups (broad SMARTS) is 1. The van der Waals surface area contributed by atoms with Crippen LogP contribution in [0.25, 0.3) is 0 Å². The van der Waals surface area contributed by atoms with Crippen molar-refractivity contribution in [3.05, 3.63) is 35.4 Å². The SMILES string of the molecule is CCN(CCS(C)(=O)=O)C(=O)NCc1ccc(C(=O)O)cc1. The van der Waals surface area contributed by atoms with Crippen LogP contribution in [-0.2, 0) is 16.4 Å². The van der Waals surface area contributed by atoms with Gasteiger partial charge in [-0.15, -0.1) is 0 Å². The first-order chi connectivity index (χ1) is 10.2. The average molecular weight is 328 g/mol. The van der Waals surface area contributed by atoms with Crippen molar-refractivity contribution in [1.82, 2.24) is 10.2 Å². The van der Waals surface area contributed by atoms with Crippen molar-refractivity contribution < 1.29 is 23.1 Å². The largest absolute Gasteiger partial charge is 0.478 e. The fraction of sp³-hybridized carbons (Fsp3) is 0.429.